The van der Waals surface area contributed by atoms with Crippen LogP contribution in [0.1, 0.15) is 12.0 Å². The molecule has 138 valence electrons. The van der Waals surface area contributed by atoms with E-state index in [1.807, 2.05) is 36.6 Å². The predicted octanol–water partition coefficient (Wildman–Crippen LogP) is 4.33. The Labute approximate surface area is 162 Å². The number of benzene rings is 2. The average Bonchev–Trinajstić information content (AvgIpc) is 2.66. The van der Waals surface area contributed by atoms with Crippen LogP contribution in [0.4, 0.5) is 10.5 Å². The van der Waals surface area contributed by atoms with Gasteiger partial charge in [-0.15, -0.1) is 0 Å². The van der Waals surface area contributed by atoms with Crippen molar-refractivity contribution in [2.75, 3.05) is 17.3 Å². The molecule has 0 saturated heterocycles. The number of carbonyl (C=O) groups is 2. The summed E-state index contributed by atoms with van der Waals surface area (Å²) >= 11 is 7.45. The van der Waals surface area contributed by atoms with Crippen molar-refractivity contribution in [2.24, 2.45) is 0 Å². The topological polar surface area (TPSA) is 67.4 Å². The molecule has 0 spiro atoms. The normalized spacial score (nSPS) is 11.5. The Morgan fingerprint density at radius 1 is 1.12 bits per heavy atom. The number of thioether (sulfide) groups is 1. The van der Waals surface area contributed by atoms with Gasteiger partial charge in [0.15, 0.2) is 0 Å². The van der Waals surface area contributed by atoms with Gasteiger partial charge in [-0.25, -0.2) is 4.79 Å². The zero-order valence-electron chi connectivity index (χ0n) is 14.4. The maximum absolute atomic E-state index is 12.5. The summed E-state index contributed by atoms with van der Waals surface area (Å²) < 4.78 is 5.20. The summed E-state index contributed by atoms with van der Waals surface area (Å²) in [6.45, 7) is 0.153. The van der Waals surface area contributed by atoms with Crippen molar-refractivity contribution < 1.29 is 14.3 Å². The fourth-order valence-corrected chi connectivity index (χ4v) is 2.77. The SMILES string of the molecule is CSCCC(NC(=O)OCc1ccccc1)C(=O)Nc1ccc(Cl)cc1. The quantitative estimate of drug-likeness (QED) is 0.701. The van der Waals surface area contributed by atoms with Gasteiger partial charge in [-0.05, 0) is 48.3 Å². The van der Waals surface area contributed by atoms with Gasteiger partial charge < -0.3 is 15.4 Å². The third-order valence-corrected chi connectivity index (χ3v) is 4.44. The van der Waals surface area contributed by atoms with Gasteiger partial charge >= 0.3 is 6.09 Å². The third-order valence-electron chi connectivity index (χ3n) is 3.54. The lowest BCUT2D eigenvalue weighted by Crippen LogP contribution is -2.44. The number of alkyl carbamates (subject to hydrolysis) is 1. The van der Waals surface area contributed by atoms with Gasteiger partial charge in [-0.3, -0.25) is 4.79 Å². The van der Waals surface area contributed by atoms with Crippen molar-refractivity contribution in [1.82, 2.24) is 5.32 Å². The monoisotopic (exact) mass is 392 g/mol. The first kappa shape index (κ1) is 20.1. The number of hydrogen-bond acceptors (Lipinski definition) is 4. The Bertz CT molecular complexity index is 710. The summed E-state index contributed by atoms with van der Waals surface area (Å²) in [6, 6.07) is 15.5. The second-order valence-corrected chi connectivity index (χ2v) is 6.96. The molecule has 0 bridgehead atoms. The number of halogens is 1. The number of rotatable bonds is 8. The standard InChI is InChI=1S/C19H21ClN2O3S/c1-26-12-11-17(18(23)21-16-9-7-15(20)8-10-16)22-19(24)25-13-14-5-3-2-4-6-14/h2-10,17H,11-13H2,1H3,(H,21,23)(H,22,24). The summed E-state index contributed by atoms with van der Waals surface area (Å²) in [6.07, 6.45) is 1.83. The highest BCUT2D eigenvalue weighted by Gasteiger charge is 2.21. The molecule has 0 heterocycles. The molecule has 1 unspecified atom stereocenters. The van der Waals surface area contributed by atoms with Crippen LogP contribution in [0.2, 0.25) is 5.02 Å². The van der Waals surface area contributed by atoms with Gasteiger partial charge in [0.05, 0.1) is 0 Å². The molecule has 0 aromatic heterocycles. The zero-order chi connectivity index (χ0) is 18.8. The predicted molar refractivity (Wildman–Crippen MR) is 107 cm³/mol. The van der Waals surface area contributed by atoms with E-state index in [1.54, 1.807) is 36.0 Å². The highest BCUT2D eigenvalue weighted by molar-refractivity contribution is 7.98. The molecular formula is C19H21ClN2O3S. The van der Waals surface area contributed by atoms with Crippen LogP contribution >= 0.6 is 23.4 Å². The molecule has 0 fully saturated rings. The van der Waals surface area contributed by atoms with E-state index in [1.165, 1.54) is 0 Å². The highest BCUT2D eigenvalue weighted by atomic mass is 35.5. The summed E-state index contributed by atoms with van der Waals surface area (Å²) in [5.74, 6) is 0.440. The van der Waals surface area contributed by atoms with Crippen LogP contribution in [0.15, 0.2) is 54.6 Å². The number of carbonyl (C=O) groups excluding carboxylic acids is 2. The van der Waals surface area contributed by atoms with Crippen molar-refractivity contribution >= 4 is 41.1 Å². The van der Waals surface area contributed by atoms with Gasteiger partial charge in [0.2, 0.25) is 5.91 Å². The summed E-state index contributed by atoms with van der Waals surface area (Å²) in [7, 11) is 0. The second kappa shape index (κ2) is 10.7. The zero-order valence-corrected chi connectivity index (χ0v) is 16.0. The van der Waals surface area contributed by atoms with Crippen LogP contribution in [0.25, 0.3) is 0 Å². The third kappa shape index (κ3) is 6.98. The molecule has 2 rings (SSSR count). The molecule has 0 aliphatic heterocycles. The second-order valence-electron chi connectivity index (χ2n) is 5.54. The minimum atomic E-state index is -0.679. The van der Waals surface area contributed by atoms with Crippen LogP contribution in [-0.4, -0.2) is 30.1 Å². The fraction of sp³-hybridized carbons (Fsp3) is 0.263. The van der Waals surface area contributed by atoms with E-state index in [0.717, 1.165) is 11.3 Å². The Kier molecular flexibility index (Phi) is 8.31. The van der Waals surface area contributed by atoms with E-state index >= 15 is 0 Å². The molecule has 2 aromatic rings. The van der Waals surface area contributed by atoms with Crippen LogP contribution in [0.3, 0.4) is 0 Å². The number of hydrogen-bond donors (Lipinski definition) is 2. The largest absolute Gasteiger partial charge is 0.445 e. The van der Waals surface area contributed by atoms with E-state index in [-0.39, 0.29) is 12.5 Å². The highest BCUT2D eigenvalue weighted by Crippen LogP contribution is 2.14. The number of ether oxygens (including phenoxy) is 1. The van der Waals surface area contributed by atoms with Gasteiger partial charge in [0, 0.05) is 10.7 Å². The Morgan fingerprint density at radius 2 is 1.81 bits per heavy atom. The van der Waals surface area contributed by atoms with Crippen LogP contribution in [-0.2, 0) is 16.1 Å². The maximum Gasteiger partial charge on any atom is 0.408 e. The molecule has 0 aliphatic carbocycles. The molecule has 0 saturated carbocycles. The van der Waals surface area contributed by atoms with Gasteiger partial charge in [-0.1, -0.05) is 41.9 Å². The average molecular weight is 393 g/mol. The Balaban J connectivity index is 1.91. The minimum absolute atomic E-state index is 0.153. The van der Waals surface area contributed by atoms with Crippen LogP contribution in [0, 0.1) is 0 Å². The molecule has 2 aromatic carbocycles. The van der Waals surface area contributed by atoms with Crippen LogP contribution < -0.4 is 10.6 Å². The summed E-state index contributed by atoms with van der Waals surface area (Å²) in [5.41, 5.74) is 1.50. The fourth-order valence-electron chi connectivity index (χ4n) is 2.17. The molecule has 0 aliphatic rings. The molecule has 0 radical (unpaired) electrons. The number of anilines is 1. The molecule has 5 nitrogen and oxygen atoms in total. The van der Waals surface area contributed by atoms with Crippen LogP contribution in [0.5, 0.6) is 0 Å². The van der Waals surface area contributed by atoms with Crippen molar-refractivity contribution in [2.45, 2.75) is 19.1 Å². The molecular weight excluding hydrogens is 372 g/mol. The number of nitrogens with one attached hydrogen (secondary N) is 2. The van der Waals surface area contributed by atoms with Gasteiger partial charge in [0.1, 0.15) is 12.6 Å². The maximum atomic E-state index is 12.5. The lowest BCUT2D eigenvalue weighted by Gasteiger charge is -2.18. The lowest BCUT2D eigenvalue weighted by atomic mass is 10.2. The van der Waals surface area contributed by atoms with Crippen molar-refractivity contribution in [1.29, 1.82) is 0 Å². The smallest absolute Gasteiger partial charge is 0.408 e. The first-order valence-electron chi connectivity index (χ1n) is 8.11. The van der Waals surface area contributed by atoms with Crippen molar-refractivity contribution in [3.8, 4) is 0 Å². The summed E-state index contributed by atoms with van der Waals surface area (Å²) in [4.78, 5) is 24.5. The van der Waals surface area contributed by atoms with Crippen molar-refractivity contribution in [3.63, 3.8) is 0 Å². The first-order chi connectivity index (χ1) is 12.6. The van der Waals surface area contributed by atoms with E-state index in [9.17, 15) is 9.59 Å². The minimum Gasteiger partial charge on any atom is -0.445 e. The van der Waals surface area contributed by atoms with E-state index in [2.05, 4.69) is 10.6 Å². The summed E-state index contributed by atoms with van der Waals surface area (Å²) in [5, 5.41) is 6.01. The Hall–Kier alpha value is -2.18. The molecule has 2 amide bonds. The van der Waals surface area contributed by atoms with E-state index in [0.29, 0.717) is 17.1 Å². The van der Waals surface area contributed by atoms with Crippen molar-refractivity contribution in [3.05, 3.63) is 65.2 Å². The molecule has 2 N–H and O–H groups in total. The lowest BCUT2D eigenvalue weighted by molar-refractivity contribution is -0.118. The number of amides is 2. The van der Waals surface area contributed by atoms with E-state index < -0.39 is 12.1 Å². The molecule has 26 heavy (non-hydrogen) atoms. The molecule has 7 heteroatoms. The van der Waals surface area contributed by atoms with E-state index in [4.69, 9.17) is 16.3 Å². The van der Waals surface area contributed by atoms with Gasteiger partial charge in [0.25, 0.3) is 0 Å². The van der Waals surface area contributed by atoms with Gasteiger partial charge in [-0.2, -0.15) is 11.8 Å². The molecule has 1 atom stereocenters. The first-order valence-corrected chi connectivity index (χ1v) is 9.88. The Morgan fingerprint density at radius 3 is 2.46 bits per heavy atom.